The fraction of sp³-hybridized carbons (Fsp3) is 0.727. The number of carbonyl (C=O) groups excluding carboxylic acids is 3. The van der Waals surface area contributed by atoms with E-state index in [0.717, 1.165) is 6.92 Å². The lowest BCUT2D eigenvalue weighted by atomic mass is 9.96. The number of ketones is 1. The minimum absolute atomic E-state index is 0.821. The largest absolute Gasteiger partial charge is 0.457 e. The van der Waals surface area contributed by atoms with Crippen LogP contribution < -0.4 is 0 Å². The van der Waals surface area contributed by atoms with Crippen LogP contribution in [0.3, 0.4) is 0 Å². The number of hydrogen-bond acceptors (Lipinski definition) is 6. The number of Topliss-reactive ketones (excluding diaryl/α,β-unsaturated/α-hetero) is 1. The molecule has 0 aromatic rings. The van der Waals surface area contributed by atoms with Crippen LogP contribution in [0.5, 0.6) is 0 Å². The molecule has 17 heavy (non-hydrogen) atoms. The van der Waals surface area contributed by atoms with Crippen molar-refractivity contribution in [3.05, 3.63) is 0 Å². The molecule has 0 saturated carbocycles. The maximum Gasteiger partial charge on any atom is 0.346 e. The van der Waals surface area contributed by atoms with Crippen molar-refractivity contribution in [2.24, 2.45) is 4.99 Å². The third kappa shape index (κ3) is 4.46. The molecule has 0 unspecified atom stereocenters. The Balaban J connectivity index is 4.95. The first-order valence-corrected chi connectivity index (χ1v) is 5.09. The number of rotatable bonds is 4. The molecule has 0 aliphatic heterocycles. The van der Waals surface area contributed by atoms with Crippen LogP contribution in [0.4, 0.5) is 0 Å². The molecule has 0 saturated heterocycles. The Hall–Kier alpha value is -1.52. The summed E-state index contributed by atoms with van der Waals surface area (Å²) in [4.78, 5) is 36.4. The second kappa shape index (κ2) is 5.21. The van der Waals surface area contributed by atoms with Gasteiger partial charge in [0.2, 0.25) is 17.5 Å². The van der Waals surface area contributed by atoms with E-state index >= 15 is 0 Å². The van der Waals surface area contributed by atoms with Gasteiger partial charge in [-0.05, 0) is 34.6 Å². The van der Waals surface area contributed by atoms with E-state index < -0.39 is 29.0 Å². The molecule has 0 spiro atoms. The highest BCUT2D eigenvalue weighted by molar-refractivity contribution is 6.09. The number of aliphatic imine (C=N–C) groups is 1. The maximum absolute atomic E-state index is 11.7. The van der Waals surface area contributed by atoms with E-state index in [2.05, 4.69) is 4.99 Å². The second-order valence-electron chi connectivity index (χ2n) is 4.83. The van der Waals surface area contributed by atoms with E-state index in [1.165, 1.54) is 13.0 Å². The van der Waals surface area contributed by atoms with Crippen LogP contribution in [0.15, 0.2) is 4.99 Å². The quantitative estimate of drug-likeness (QED) is 0.333. The minimum Gasteiger partial charge on any atom is -0.457 e. The van der Waals surface area contributed by atoms with Crippen molar-refractivity contribution in [2.45, 2.75) is 51.9 Å². The molecule has 0 heterocycles. The highest BCUT2D eigenvalue weighted by Crippen LogP contribution is 2.17. The highest BCUT2D eigenvalue weighted by Gasteiger charge is 2.44. The first-order valence-electron chi connectivity index (χ1n) is 5.09. The molecule has 0 fully saturated rings. The number of carbonyl (C=O) groups is 2. The molecule has 0 aromatic carbocycles. The van der Waals surface area contributed by atoms with Gasteiger partial charge in [-0.1, -0.05) is 0 Å². The van der Waals surface area contributed by atoms with Gasteiger partial charge < -0.3 is 9.84 Å². The molecular formula is C11H17NO5. The normalized spacial score (nSPS) is 16.4. The van der Waals surface area contributed by atoms with Gasteiger partial charge in [-0.3, -0.25) is 4.79 Å². The zero-order chi connectivity index (χ0) is 13.9. The number of isocyanates is 1. The van der Waals surface area contributed by atoms with Crippen LogP contribution in [0.1, 0.15) is 34.6 Å². The number of nitrogens with zero attached hydrogens (tertiary/aromatic N) is 1. The van der Waals surface area contributed by atoms with Crippen LogP contribution in [0.2, 0.25) is 0 Å². The first kappa shape index (κ1) is 15.5. The van der Waals surface area contributed by atoms with Crippen molar-refractivity contribution in [2.75, 3.05) is 0 Å². The standard InChI is InChI=1S/C11H17NO5/c1-7(12-6-13)8(14)11(5,16)9(15)17-10(2,3)4/h7,16H,1-5H3/t7-,11-/m0/s1. The summed E-state index contributed by atoms with van der Waals surface area (Å²) in [6, 6.07) is -1.14. The van der Waals surface area contributed by atoms with Gasteiger partial charge in [0.15, 0.2) is 0 Å². The van der Waals surface area contributed by atoms with Crippen molar-refractivity contribution in [3.8, 4) is 0 Å². The van der Waals surface area contributed by atoms with Crippen molar-refractivity contribution >= 4 is 17.8 Å². The van der Waals surface area contributed by atoms with Crippen molar-refractivity contribution in [1.82, 2.24) is 0 Å². The number of hydrogen-bond donors (Lipinski definition) is 1. The summed E-state index contributed by atoms with van der Waals surface area (Å²) >= 11 is 0. The summed E-state index contributed by atoms with van der Waals surface area (Å²) in [6.45, 7) is 7.13. The molecule has 0 bridgehead atoms. The third-order valence-corrected chi connectivity index (χ3v) is 1.90. The van der Waals surface area contributed by atoms with Crippen LogP contribution in [0.25, 0.3) is 0 Å². The average Bonchev–Trinajstić information content (AvgIpc) is 2.14. The van der Waals surface area contributed by atoms with Crippen LogP contribution >= 0.6 is 0 Å². The van der Waals surface area contributed by atoms with E-state index in [4.69, 9.17) is 4.74 Å². The number of ether oxygens (including phenoxy) is 1. The predicted molar refractivity (Wildman–Crippen MR) is 59.1 cm³/mol. The van der Waals surface area contributed by atoms with E-state index in [1.807, 2.05) is 0 Å². The lowest BCUT2D eigenvalue weighted by Crippen LogP contribution is -2.50. The van der Waals surface area contributed by atoms with Gasteiger partial charge >= 0.3 is 5.97 Å². The van der Waals surface area contributed by atoms with Gasteiger partial charge in [-0.2, -0.15) is 4.99 Å². The molecule has 0 amide bonds. The Morgan fingerprint density at radius 1 is 1.29 bits per heavy atom. The lowest BCUT2D eigenvalue weighted by molar-refractivity contribution is -0.178. The maximum atomic E-state index is 11.7. The lowest BCUT2D eigenvalue weighted by Gasteiger charge is -2.27. The van der Waals surface area contributed by atoms with Crippen LogP contribution in [-0.4, -0.2) is 40.2 Å². The molecule has 2 atom stereocenters. The Kier molecular flexibility index (Phi) is 4.74. The predicted octanol–water partition coefficient (Wildman–Crippen LogP) is 0.372. The van der Waals surface area contributed by atoms with Gasteiger partial charge in [-0.25, -0.2) is 9.59 Å². The first-order chi connectivity index (χ1) is 7.52. The van der Waals surface area contributed by atoms with Gasteiger partial charge in [0, 0.05) is 0 Å². The summed E-state index contributed by atoms with van der Waals surface area (Å²) in [5.41, 5.74) is -3.15. The SMILES string of the molecule is C[C@H](N=C=O)C(=O)[C@](C)(O)C(=O)OC(C)(C)C. The van der Waals surface area contributed by atoms with E-state index in [0.29, 0.717) is 0 Å². The topological polar surface area (TPSA) is 93.0 Å². The van der Waals surface area contributed by atoms with Crippen LogP contribution in [0, 0.1) is 0 Å². The van der Waals surface area contributed by atoms with E-state index in [-0.39, 0.29) is 0 Å². The van der Waals surface area contributed by atoms with Crippen molar-refractivity contribution in [1.29, 1.82) is 0 Å². The smallest absolute Gasteiger partial charge is 0.346 e. The summed E-state index contributed by atoms with van der Waals surface area (Å²) in [6.07, 6.45) is 1.20. The summed E-state index contributed by atoms with van der Waals surface area (Å²) in [7, 11) is 0. The van der Waals surface area contributed by atoms with Crippen molar-refractivity contribution < 1.29 is 24.2 Å². The monoisotopic (exact) mass is 243 g/mol. The Morgan fingerprint density at radius 2 is 1.76 bits per heavy atom. The van der Waals surface area contributed by atoms with Gasteiger partial charge in [-0.15, -0.1) is 0 Å². The molecule has 0 aliphatic carbocycles. The van der Waals surface area contributed by atoms with E-state index in [9.17, 15) is 19.5 Å². The fourth-order valence-electron chi connectivity index (χ4n) is 1.02. The summed E-state index contributed by atoms with van der Waals surface area (Å²) in [5, 5.41) is 9.80. The molecule has 6 heteroatoms. The molecule has 0 rings (SSSR count). The third-order valence-electron chi connectivity index (χ3n) is 1.90. The Bertz CT molecular complexity index is 361. The Morgan fingerprint density at radius 3 is 2.12 bits per heavy atom. The zero-order valence-corrected chi connectivity index (χ0v) is 10.6. The molecule has 1 N–H and O–H groups in total. The van der Waals surface area contributed by atoms with Crippen LogP contribution in [-0.2, 0) is 19.1 Å². The summed E-state index contributed by atoms with van der Waals surface area (Å²) in [5.74, 6) is -1.97. The minimum atomic E-state index is -2.33. The molecular weight excluding hydrogens is 226 g/mol. The van der Waals surface area contributed by atoms with Gasteiger partial charge in [0.25, 0.3) is 0 Å². The Labute approximate surface area is 99.7 Å². The van der Waals surface area contributed by atoms with Crippen molar-refractivity contribution in [3.63, 3.8) is 0 Å². The molecule has 0 aliphatic rings. The molecule has 96 valence electrons. The molecule has 0 aromatic heterocycles. The van der Waals surface area contributed by atoms with Gasteiger partial charge in [0.05, 0.1) is 0 Å². The van der Waals surface area contributed by atoms with Gasteiger partial charge in [0.1, 0.15) is 11.6 Å². The number of esters is 1. The second-order valence-corrected chi connectivity index (χ2v) is 4.83. The zero-order valence-electron chi connectivity index (χ0n) is 10.6. The molecule has 6 nitrogen and oxygen atoms in total. The highest BCUT2D eigenvalue weighted by atomic mass is 16.6. The average molecular weight is 243 g/mol. The van der Waals surface area contributed by atoms with E-state index in [1.54, 1.807) is 20.8 Å². The molecule has 0 radical (unpaired) electrons. The summed E-state index contributed by atoms with van der Waals surface area (Å²) < 4.78 is 4.90. The number of aliphatic hydroxyl groups is 1. The fourth-order valence-corrected chi connectivity index (χ4v) is 1.02.